The monoisotopic (exact) mass is 319 g/mol. The number of imidazole rings is 1. The summed E-state index contributed by atoms with van der Waals surface area (Å²) in [6.07, 6.45) is 1.16. The van der Waals surface area contributed by atoms with E-state index in [1.807, 2.05) is 43.3 Å². The van der Waals surface area contributed by atoms with Crippen LogP contribution >= 0.6 is 0 Å². The number of nitrogens with zero attached hydrogens (tertiary/aromatic N) is 4. The maximum absolute atomic E-state index is 12.3. The van der Waals surface area contributed by atoms with Gasteiger partial charge in [0.05, 0.1) is 13.6 Å². The van der Waals surface area contributed by atoms with Crippen molar-refractivity contribution in [2.45, 2.75) is 57.6 Å². The lowest BCUT2D eigenvalue weighted by Crippen LogP contribution is -2.47. The minimum Gasteiger partial charge on any atom is -0.341 e. The zero-order valence-electron chi connectivity index (χ0n) is 13.5. The van der Waals surface area contributed by atoms with Crippen molar-refractivity contribution >= 4 is 11.2 Å². The van der Waals surface area contributed by atoms with E-state index in [-0.39, 0.29) is 30.1 Å². The number of aromatic nitrogens is 4. The number of hydrogen-bond donors (Lipinski definition) is 0. The zero-order chi connectivity index (χ0) is 16.1. The van der Waals surface area contributed by atoms with Gasteiger partial charge in [-0.15, -0.1) is 0 Å². The minimum atomic E-state index is -0.623. The Hall–Kier alpha value is -1.77. The molecule has 2 fully saturated rings. The maximum atomic E-state index is 12.3. The lowest BCUT2D eigenvalue weighted by atomic mass is 10.1. The molecule has 2 aromatic rings. The van der Waals surface area contributed by atoms with Crippen LogP contribution in [0.25, 0.3) is 11.2 Å². The molecule has 2 aromatic heterocycles. The fourth-order valence-electron chi connectivity index (χ4n) is 4.12. The number of hydrogen-bond acceptors (Lipinski definition) is 5. The molecule has 0 amide bonds. The lowest BCUT2D eigenvalue weighted by molar-refractivity contribution is -0.745. The van der Waals surface area contributed by atoms with Crippen LogP contribution < -0.4 is 10.1 Å². The summed E-state index contributed by atoms with van der Waals surface area (Å²) >= 11 is 0. The molecule has 8 heteroatoms. The Kier molecular flexibility index (Phi) is 2.38. The third kappa shape index (κ3) is 1.63. The molecule has 0 spiro atoms. The van der Waals surface area contributed by atoms with Gasteiger partial charge in [-0.1, -0.05) is 0 Å². The first-order chi connectivity index (χ1) is 10.9. The number of ether oxygens (including phenoxy) is 3. The first kappa shape index (κ1) is 13.6. The van der Waals surface area contributed by atoms with E-state index in [2.05, 4.69) is 4.98 Å². The summed E-state index contributed by atoms with van der Waals surface area (Å²) in [5, 5.41) is 0. The molecule has 4 atom stereocenters. The number of fused-ring (bicyclic) bond motifs is 6. The van der Waals surface area contributed by atoms with E-state index in [0.29, 0.717) is 17.9 Å². The maximum Gasteiger partial charge on any atom is 0.318 e. The SMILES string of the molecule is Cc1nc(=O)c2c3n1C[C@H]1O[C@H](C4OC(C)(C)O[C@H]41)[n+]3cn2C. The predicted octanol–water partition coefficient (Wildman–Crippen LogP) is -0.238. The molecule has 0 aliphatic carbocycles. The Bertz CT molecular complexity index is 899. The van der Waals surface area contributed by atoms with Crippen LogP contribution in [0, 0.1) is 6.92 Å². The van der Waals surface area contributed by atoms with Gasteiger partial charge in [-0.25, -0.2) is 9.13 Å². The molecule has 0 radical (unpaired) electrons. The average Bonchev–Trinajstić information content (AvgIpc) is 3.00. The second kappa shape index (κ2) is 4.00. The van der Waals surface area contributed by atoms with Gasteiger partial charge >= 0.3 is 5.56 Å². The van der Waals surface area contributed by atoms with Crippen molar-refractivity contribution in [3.05, 3.63) is 22.5 Å². The van der Waals surface area contributed by atoms with Crippen molar-refractivity contribution in [3.8, 4) is 0 Å². The highest BCUT2D eigenvalue weighted by Gasteiger charge is 2.59. The van der Waals surface area contributed by atoms with Crippen molar-refractivity contribution < 1.29 is 18.8 Å². The quantitative estimate of drug-likeness (QED) is 0.627. The van der Waals surface area contributed by atoms with Gasteiger partial charge in [0.25, 0.3) is 5.65 Å². The van der Waals surface area contributed by atoms with E-state index in [1.165, 1.54) is 0 Å². The zero-order valence-corrected chi connectivity index (χ0v) is 13.5. The van der Waals surface area contributed by atoms with Crippen molar-refractivity contribution in [3.63, 3.8) is 0 Å². The molecule has 0 aromatic carbocycles. The Balaban J connectivity index is 1.79. The van der Waals surface area contributed by atoms with Crippen molar-refractivity contribution in [2.24, 2.45) is 7.05 Å². The van der Waals surface area contributed by atoms with Crippen molar-refractivity contribution in [2.75, 3.05) is 0 Å². The third-order valence-electron chi connectivity index (χ3n) is 4.98. The summed E-state index contributed by atoms with van der Waals surface area (Å²) in [7, 11) is 1.85. The molecule has 5 rings (SSSR count). The van der Waals surface area contributed by atoms with E-state index in [9.17, 15) is 4.79 Å². The van der Waals surface area contributed by atoms with E-state index in [4.69, 9.17) is 14.2 Å². The van der Waals surface area contributed by atoms with E-state index >= 15 is 0 Å². The Morgan fingerprint density at radius 3 is 2.87 bits per heavy atom. The Labute approximate surface area is 132 Å². The van der Waals surface area contributed by atoms with E-state index < -0.39 is 5.79 Å². The number of aryl methyl sites for hydroxylation is 2. The third-order valence-corrected chi connectivity index (χ3v) is 4.98. The average molecular weight is 319 g/mol. The summed E-state index contributed by atoms with van der Waals surface area (Å²) in [6, 6.07) is 0. The van der Waals surface area contributed by atoms with Gasteiger partial charge in [-0.2, -0.15) is 4.98 Å². The molecule has 5 heterocycles. The molecule has 3 aliphatic rings. The van der Waals surface area contributed by atoms with Crippen LogP contribution in [-0.4, -0.2) is 38.2 Å². The highest BCUT2D eigenvalue weighted by molar-refractivity contribution is 5.67. The molecular weight excluding hydrogens is 300 g/mol. The molecular formula is C15H19N4O4+. The van der Waals surface area contributed by atoms with Crippen LogP contribution in [0.1, 0.15) is 25.9 Å². The van der Waals surface area contributed by atoms with Gasteiger partial charge in [0, 0.05) is 6.92 Å². The van der Waals surface area contributed by atoms with Gasteiger partial charge in [0.1, 0.15) is 18.3 Å². The fourth-order valence-corrected chi connectivity index (χ4v) is 4.12. The highest BCUT2D eigenvalue weighted by atomic mass is 16.8. The largest absolute Gasteiger partial charge is 0.341 e. The molecule has 122 valence electrons. The molecule has 1 unspecified atom stereocenters. The fraction of sp³-hybridized carbons (Fsp3) is 0.667. The summed E-state index contributed by atoms with van der Waals surface area (Å²) < 4.78 is 24.2. The van der Waals surface area contributed by atoms with E-state index in [0.717, 1.165) is 5.65 Å². The summed E-state index contributed by atoms with van der Waals surface area (Å²) in [5.74, 6) is 0.0655. The van der Waals surface area contributed by atoms with Crippen LogP contribution in [-0.2, 0) is 27.8 Å². The number of rotatable bonds is 0. The normalized spacial score (nSPS) is 33.9. The smallest absolute Gasteiger partial charge is 0.318 e. The van der Waals surface area contributed by atoms with Gasteiger partial charge in [0.15, 0.2) is 17.9 Å². The first-order valence-electron chi connectivity index (χ1n) is 7.84. The molecule has 23 heavy (non-hydrogen) atoms. The summed E-state index contributed by atoms with van der Waals surface area (Å²) in [5.41, 5.74) is 1.21. The molecule has 2 bridgehead atoms. The second-order valence-electron chi connectivity index (χ2n) is 7.01. The van der Waals surface area contributed by atoms with Crippen LogP contribution in [0.3, 0.4) is 0 Å². The van der Waals surface area contributed by atoms with Crippen molar-refractivity contribution in [1.82, 2.24) is 14.1 Å². The van der Waals surface area contributed by atoms with Crippen LogP contribution in [0.2, 0.25) is 0 Å². The highest BCUT2D eigenvalue weighted by Crippen LogP contribution is 2.43. The Morgan fingerprint density at radius 2 is 2.09 bits per heavy atom. The second-order valence-corrected chi connectivity index (χ2v) is 7.01. The van der Waals surface area contributed by atoms with Gasteiger partial charge in [-0.3, -0.25) is 9.36 Å². The molecule has 0 N–H and O–H groups in total. The first-order valence-corrected chi connectivity index (χ1v) is 7.84. The van der Waals surface area contributed by atoms with Crippen LogP contribution in [0.5, 0.6) is 0 Å². The molecule has 8 nitrogen and oxygen atoms in total. The van der Waals surface area contributed by atoms with Gasteiger partial charge in [0.2, 0.25) is 11.7 Å². The van der Waals surface area contributed by atoms with Gasteiger partial charge < -0.3 is 14.2 Å². The lowest BCUT2D eigenvalue weighted by Gasteiger charge is -2.21. The predicted molar refractivity (Wildman–Crippen MR) is 77.6 cm³/mol. The molecule has 2 saturated heterocycles. The van der Waals surface area contributed by atoms with Crippen LogP contribution in [0.15, 0.2) is 11.1 Å². The topological polar surface area (TPSA) is 71.4 Å². The van der Waals surface area contributed by atoms with E-state index in [1.54, 1.807) is 4.57 Å². The summed E-state index contributed by atoms with van der Waals surface area (Å²) in [4.78, 5) is 16.5. The van der Waals surface area contributed by atoms with Crippen molar-refractivity contribution in [1.29, 1.82) is 0 Å². The minimum absolute atomic E-state index is 0.121. The molecule has 0 saturated carbocycles. The standard InChI is InChI=1S/C15H19N4O4/c1-7-16-12(20)9-13-18(7)5-8-10-11(23-15(2,3)22-10)14(21-8)19(13)6-17(9)4/h6,8,10-11,14H,5H2,1-4H3/q+1/t8-,10+,11?,14-/m1/s1. The molecule has 3 aliphatic heterocycles. The summed E-state index contributed by atoms with van der Waals surface area (Å²) in [6.45, 7) is 6.29. The Morgan fingerprint density at radius 1 is 1.35 bits per heavy atom. The van der Waals surface area contributed by atoms with Crippen LogP contribution in [0.4, 0.5) is 0 Å². The van der Waals surface area contributed by atoms with Gasteiger partial charge in [-0.05, 0) is 13.8 Å².